The van der Waals surface area contributed by atoms with Crippen molar-refractivity contribution in [3.63, 3.8) is 0 Å². The summed E-state index contributed by atoms with van der Waals surface area (Å²) in [4.78, 5) is 2.07. The van der Waals surface area contributed by atoms with Gasteiger partial charge in [-0.3, -0.25) is 4.72 Å². The van der Waals surface area contributed by atoms with Crippen LogP contribution in [0.2, 0.25) is 0 Å². The van der Waals surface area contributed by atoms with Gasteiger partial charge in [0.15, 0.2) is 0 Å². The van der Waals surface area contributed by atoms with Crippen molar-refractivity contribution in [2.75, 3.05) is 22.7 Å². The Morgan fingerprint density at radius 1 is 1.05 bits per heavy atom. The lowest BCUT2D eigenvalue weighted by Crippen LogP contribution is -2.30. The fourth-order valence-electron chi connectivity index (χ4n) is 2.31. The summed E-state index contributed by atoms with van der Waals surface area (Å²) in [6.07, 6.45) is 4.32. The molecular formula is C13H17F3N2O2S. The first-order chi connectivity index (χ1) is 9.79. The van der Waals surface area contributed by atoms with Crippen molar-refractivity contribution in [1.29, 1.82) is 0 Å². The normalized spacial score (nSPS) is 17.4. The van der Waals surface area contributed by atoms with E-state index in [1.54, 1.807) is 16.9 Å². The molecule has 1 aliphatic heterocycles. The van der Waals surface area contributed by atoms with Crippen molar-refractivity contribution < 1.29 is 21.6 Å². The SMILES string of the molecule is O=S(=O)(Nc1cccc(N2CCCCCC2)c1)C(F)(F)F. The zero-order valence-electron chi connectivity index (χ0n) is 11.4. The third-order valence-electron chi connectivity index (χ3n) is 3.37. The minimum Gasteiger partial charge on any atom is -0.371 e. The maximum Gasteiger partial charge on any atom is 0.516 e. The van der Waals surface area contributed by atoms with E-state index in [1.807, 2.05) is 0 Å². The van der Waals surface area contributed by atoms with Crippen molar-refractivity contribution in [1.82, 2.24) is 0 Å². The van der Waals surface area contributed by atoms with E-state index in [0.29, 0.717) is 0 Å². The fourth-order valence-corrected chi connectivity index (χ4v) is 2.86. The van der Waals surface area contributed by atoms with Gasteiger partial charge in [-0.1, -0.05) is 18.9 Å². The second kappa shape index (κ2) is 6.13. The fraction of sp³-hybridized carbons (Fsp3) is 0.538. The lowest BCUT2D eigenvalue weighted by atomic mass is 10.2. The maximum atomic E-state index is 12.4. The van der Waals surface area contributed by atoms with Crippen LogP contribution in [0.5, 0.6) is 0 Å². The van der Waals surface area contributed by atoms with Gasteiger partial charge in [-0.25, -0.2) is 0 Å². The molecule has 0 saturated carbocycles. The first kappa shape index (κ1) is 15.9. The quantitative estimate of drug-likeness (QED) is 0.928. The molecule has 0 aromatic heterocycles. The lowest BCUT2D eigenvalue weighted by molar-refractivity contribution is -0.0429. The predicted molar refractivity (Wildman–Crippen MR) is 75.7 cm³/mol. The Labute approximate surface area is 122 Å². The smallest absolute Gasteiger partial charge is 0.371 e. The molecule has 8 heteroatoms. The zero-order valence-corrected chi connectivity index (χ0v) is 12.2. The molecule has 1 saturated heterocycles. The molecular weight excluding hydrogens is 305 g/mol. The molecule has 1 heterocycles. The van der Waals surface area contributed by atoms with Gasteiger partial charge in [0, 0.05) is 18.8 Å². The molecule has 0 atom stereocenters. The summed E-state index contributed by atoms with van der Waals surface area (Å²) in [6.45, 7) is 1.66. The largest absolute Gasteiger partial charge is 0.516 e. The Hall–Kier alpha value is -1.44. The molecule has 1 aromatic rings. The molecule has 118 valence electrons. The number of alkyl halides is 3. The molecule has 1 aromatic carbocycles. The van der Waals surface area contributed by atoms with Crippen molar-refractivity contribution in [2.24, 2.45) is 0 Å². The van der Waals surface area contributed by atoms with Crippen LogP contribution in [-0.2, 0) is 10.0 Å². The van der Waals surface area contributed by atoms with Crippen LogP contribution in [0.15, 0.2) is 24.3 Å². The van der Waals surface area contributed by atoms with Gasteiger partial charge in [-0.05, 0) is 31.0 Å². The molecule has 0 spiro atoms. The topological polar surface area (TPSA) is 49.4 Å². The van der Waals surface area contributed by atoms with Crippen LogP contribution in [0.1, 0.15) is 25.7 Å². The second-order valence-corrected chi connectivity index (χ2v) is 6.68. The van der Waals surface area contributed by atoms with Gasteiger partial charge >= 0.3 is 15.5 Å². The van der Waals surface area contributed by atoms with E-state index in [2.05, 4.69) is 4.90 Å². The Balaban J connectivity index is 2.18. The van der Waals surface area contributed by atoms with Crippen molar-refractivity contribution in [3.05, 3.63) is 24.3 Å². The molecule has 1 N–H and O–H groups in total. The molecule has 1 aliphatic rings. The number of hydrogen-bond donors (Lipinski definition) is 1. The number of sulfonamides is 1. The average molecular weight is 322 g/mol. The van der Waals surface area contributed by atoms with Crippen molar-refractivity contribution in [2.45, 2.75) is 31.2 Å². The van der Waals surface area contributed by atoms with Crippen LogP contribution in [0, 0.1) is 0 Å². The summed E-state index contributed by atoms with van der Waals surface area (Å²) >= 11 is 0. The van der Waals surface area contributed by atoms with Crippen LogP contribution in [0.3, 0.4) is 0 Å². The van der Waals surface area contributed by atoms with Crippen LogP contribution >= 0.6 is 0 Å². The van der Waals surface area contributed by atoms with Gasteiger partial charge in [0.1, 0.15) is 0 Å². The Morgan fingerprint density at radius 3 is 2.24 bits per heavy atom. The summed E-state index contributed by atoms with van der Waals surface area (Å²) in [5.74, 6) is 0. The maximum absolute atomic E-state index is 12.4. The number of hydrogen-bond acceptors (Lipinski definition) is 3. The minimum absolute atomic E-state index is 0.0749. The average Bonchev–Trinajstić information content (AvgIpc) is 2.66. The van der Waals surface area contributed by atoms with E-state index in [0.717, 1.165) is 44.5 Å². The Kier molecular flexibility index (Phi) is 4.65. The molecule has 2 rings (SSSR count). The van der Waals surface area contributed by atoms with E-state index in [-0.39, 0.29) is 5.69 Å². The molecule has 1 fully saturated rings. The summed E-state index contributed by atoms with van der Waals surface area (Å²) in [5.41, 5.74) is -4.65. The Bertz CT molecular complexity index is 579. The summed E-state index contributed by atoms with van der Waals surface area (Å²) in [7, 11) is -5.37. The van der Waals surface area contributed by atoms with Gasteiger partial charge in [0.2, 0.25) is 0 Å². The van der Waals surface area contributed by atoms with Gasteiger partial charge < -0.3 is 4.90 Å². The number of rotatable bonds is 3. The van der Waals surface area contributed by atoms with Crippen molar-refractivity contribution in [3.8, 4) is 0 Å². The monoisotopic (exact) mass is 322 g/mol. The summed E-state index contributed by atoms with van der Waals surface area (Å²) < 4.78 is 60.9. The molecule has 0 radical (unpaired) electrons. The molecule has 0 amide bonds. The standard InChI is InChI=1S/C13H17F3N2O2S/c14-13(15,16)21(19,20)17-11-6-5-7-12(10-11)18-8-3-1-2-4-9-18/h5-7,10,17H,1-4,8-9H2. The summed E-state index contributed by atoms with van der Waals surface area (Å²) in [5, 5.41) is 0. The highest BCUT2D eigenvalue weighted by Crippen LogP contribution is 2.28. The van der Waals surface area contributed by atoms with Gasteiger partial charge in [-0.15, -0.1) is 0 Å². The molecule has 0 aliphatic carbocycles. The summed E-state index contributed by atoms with van der Waals surface area (Å²) in [6, 6.07) is 6.07. The van der Waals surface area contributed by atoms with E-state index < -0.39 is 15.5 Å². The second-order valence-electron chi connectivity index (χ2n) is 5.00. The predicted octanol–water partition coefficient (Wildman–Crippen LogP) is 3.33. The number of nitrogens with one attached hydrogen (secondary N) is 1. The Morgan fingerprint density at radius 2 is 1.67 bits per heavy atom. The zero-order chi connectivity index (χ0) is 15.5. The van der Waals surface area contributed by atoms with Gasteiger partial charge in [0.25, 0.3) is 0 Å². The van der Waals surface area contributed by atoms with Gasteiger partial charge in [0.05, 0.1) is 5.69 Å². The van der Waals surface area contributed by atoms with E-state index in [1.165, 1.54) is 12.1 Å². The number of halogens is 3. The number of benzene rings is 1. The van der Waals surface area contributed by atoms with E-state index >= 15 is 0 Å². The number of anilines is 2. The van der Waals surface area contributed by atoms with Crippen LogP contribution < -0.4 is 9.62 Å². The first-order valence-electron chi connectivity index (χ1n) is 6.74. The molecule has 4 nitrogen and oxygen atoms in total. The van der Waals surface area contributed by atoms with Crippen LogP contribution in [-0.4, -0.2) is 27.0 Å². The lowest BCUT2D eigenvalue weighted by Gasteiger charge is -2.23. The van der Waals surface area contributed by atoms with E-state index in [4.69, 9.17) is 0 Å². The third-order valence-corrected chi connectivity index (χ3v) is 4.49. The first-order valence-corrected chi connectivity index (χ1v) is 8.22. The van der Waals surface area contributed by atoms with Crippen LogP contribution in [0.25, 0.3) is 0 Å². The number of nitrogens with zero attached hydrogens (tertiary/aromatic N) is 1. The minimum atomic E-state index is -5.37. The third kappa shape index (κ3) is 4.03. The molecule has 21 heavy (non-hydrogen) atoms. The van der Waals surface area contributed by atoms with Crippen molar-refractivity contribution >= 4 is 21.4 Å². The van der Waals surface area contributed by atoms with Gasteiger partial charge in [-0.2, -0.15) is 21.6 Å². The molecule has 0 bridgehead atoms. The highest BCUT2D eigenvalue weighted by Gasteiger charge is 2.46. The highest BCUT2D eigenvalue weighted by atomic mass is 32.2. The van der Waals surface area contributed by atoms with Crippen LogP contribution in [0.4, 0.5) is 24.5 Å². The van der Waals surface area contributed by atoms with E-state index in [9.17, 15) is 21.6 Å². The molecule has 0 unspecified atom stereocenters. The highest BCUT2D eigenvalue weighted by molar-refractivity contribution is 7.93.